The van der Waals surface area contributed by atoms with Gasteiger partial charge in [0.05, 0.1) is 6.61 Å². The highest BCUT2D eigenvalue weighted by Gasteiger charge is 2.04. The number of alkyl halides is 1. The molecule has 60 valence electrons. The first-order valence-electron chi connectivity index (χ1n) is 3.22. The zero-order chi connectivity index (χ0) is 8.27. The zero-order valence-corrected chi connectivity index (χ0v) is 6.61. The average Bonchev–Trinajstić information content (AvgIpc) is 2.04. The van der Waals surface area contributed by atoms with Crippen LogP contribution in [0.2, 0.25) is 5.02 Å². The van der Waals surface area contributed by atoms with Gasteiger partial charge in [-0.15, -0.1) is 0 Å². The third-order valence-corrected chi connectivity index (χ3v) is 1.87. The van der Waals surface area contributed by atoms with Crippen LogP contribution in [0.4, 0.5) is 4.39 Å². The van der Waals surface area contributed by atoms with Gasteiger partial charge in [-0.25, -0.2) is 4.39 Å². The van der Waals surface area contributed by atoms with Crippen molar-refractivity contribution >= 4 is 11.6 Å². The third kappa shape index (κ3) is 1.70. The minimum atomic E-state index is -0.629. The smallest absolute Gasteiger partial charge is 0.116 e. The van der Waals surface area contributed by atoms with E-state index in [1.807, 2.05) is 0 Å². The molecule has 0 aliphatic carbocycles. The highest BCUT2D eigenvalue weighted by molar-refractivity contribution is 6.31. The van der Waals surface area contributed by atoms with Crippen molar-refractivity contribution < 1.29 is 9.50 Å². The molecule has 0 atom stereocenters. The van der Waals surface area contributed by atoms with Gasteiger partial charge in [-0.05, 0) is 11.6 Å². The maximum Gasteiger partial charge on any atom is 0.116 e. The Morgan fingerprint density at radius 1 is 1.45 bits per heavy atom. The van der Waals surface area contributed by atoms with Crippen LogP contribution in [0.1, 0.15) is 11.1 Å². The first kappa shape index (κ1) is 8.50. The van der Waals surface area contributed by atoms with Crippen LogP contribution in [0.3, 0.4) is 0 Å². The molecule has 0 saturated carbocycles. The van der Waals surface area contributed by atoms with Crippen molar-refractivity contribution in [2.24, 2.45) is 0 Å². The molecule has 0 fully saturated rings. The van der Waals surface area contributed by atoms with Crippen LogP contribution in [-0.2, 0) is 13.3 Å². The summed E-state index contributed by atoms with van der Waals surface area (Å²) in [5.74, 6) is 0. The molecule has 3 heteroatoms. The van der Waals surface area contributed by atoms with Crippen LogP contribution in [0.15, 0.2) is 18.2 Å². The normalized spacial score (nSPS) is 10.1. The molecule has 0 saturated heterocycles. The Balaban J connectivity index is 3.13. The van der Waals surface area contributed by atoms with Crippen molar-refractivity contribution in [3.05, 3.63) is 34.3 Å². The summed E-state index contributed by atoms with van der Waals surface area (Å²) in [6, 6.07) is 4.95. The molecule has 0 radical (unpaired) electrons. The Hall–Kier alpha value is -0.600. The average molecular weight is 175 g/mol. The van der Waals surface area contributed by atoms with E-state index < -0.39 is 6.67 Å². The molecule has 0 aliphatic rings. The second-order valence-electron chi connectivity index (χ2n) is 2.17. The van der Waals surface area contributed by atoms with Gasteiger partial charge in [0.25, 0.3) is 0 Å². The molecule has 1 N–H and O–H groups in total. The fourth-order valence-electron chi connectivity index (χ4n) is 0.901. The van der Waals surface area contributed by atoms with Gasteiger partial charge >= 0.3 is 0 Å². The van der Waals surface area contributed by atoms with E-state index in [1.54, 1.807) is 18.2 Å². The topological polar surface area (TPSA) is 20.2 Å². The SMILES string of the molecule is OCc1cccc(Cl)c1CF. The van der Waals surface area contributed by atoms with Crippen LogP contribution in [0, 0.1) is 0 Å². The quantitative estimate of drug-likeness (QED) is 0.730. The second-order valence-corrected chi connectivity index (χ2v) is 2.58. The summed E-state index contributed by atoms with van der Waals surface area (Å²) < 4.78 is 12.2. The van der Waals surface area contributed by atoms with Crippen molar-refractivity contribution in [1.29, 1.82) is 0 Å². The van der Waals surface area contributed by atoms with Crippen molar-refractivity contribution in [2.75, 3.05) is 0 Å². The van der Waals surface area contributed by atoms with Gasteiger partial charge < -0.3 is 5.11 Å². The van der Waals surface area contributed by atoms with Crippen LogP contribution in [-0.4, -0.2) is 5.11 Å². The number of rotatable bonds is 2. The lowest BCUT2D eigenvalue weighted by molar-refractivity contribution is 0.279. The maximum absolute atomic E-state index is 12.2. The molecule has 0 aliphatic heterocycles. The standard InChI is InChI=1S/C8H8ClFO/c9-8-3-1-2-6(5-11)7(8)4-10/h1-3,11H,4-5H2. The molecular weight excluding hydrogens is 167 g/mol. The summed E-state index contributed by atoms with van der Waals surface area (Å²) in [6.07, 6.45) is 0. The molecule has 0 aromatic heterocycles. The van der Waals surface area contributed by atoms with Gasteiger partial charge in [-0.2, -0.15) is 0 Å². The van der Waals surface area contributed by atoms with E-state index in [-0.39, 0.29) is 6.61 Å². The lowest BCUT2D eigenvalue weighted by Crippen LogP contribution is -1.91. The van der Waals surface area contributed by atoms with Gasteiger partial charge in [0, 0.05) is 10.6 Å². The fraction of sp³-hybridized carbons (Fsp3) is 0.250. The lowest BCUT2D eigenvalue weighted by atomic mass is 10.1. The molecule has 1 aromatic rings. The van der Waals surface area contributed by atoms with Crippen LogP contribution >= 0.6 is 11.6 Å². The third-order valence-electron chi connectivity index (χ3n) is 1.52. The van der Waals surface area contributed by atoms with Gasteiger partial charge in [-0.3, -0.25) is 0 Å². The van der Waals surface area contributed by atoms with E-state index in [2.05, 4.69) is 0 Å². The van der Waals surface area contributed by atoms with Gasteiger partial charge in [-0.1, -0.05) is 23.7 Å². The lowest BCUT2D eigenvalue weighted by Gasteiger charge is -2.03. The van der Waals surface area contributed by atoms with Crippen molar-refractivity contribution in [3.63, 3.8) is 0 Å². The maximum atomic E-state index is 12.2. The van der Waals surface area contributed by atoms with Crippen molar-refractivity contribution in [1.82, 2.24) is 0 Å². The molecule has 0 bridgehead atoms. The van der Waals surface area contributed by atoms with Gasteiger partial charge in [0.15, 0.2) is 0 Å². The minimum absolute atomic E-state index is 0.167. The predicted octanol–water partition coefficient (Wildman–Crippen LogP) is 2.30. The summed E-state index contributed by atoms with van der Waals surface area (Å²) in [5, 5.41) is 9.12. The van der Waals surface area contributed by atoms with E-state index in [4.69, 9.17) is 16.7 Å². The highest BCUT2D eigenvalue weighted by atomic mass is 35.5. The molecule has 1 nitrogen and oxygen atoms in total. The van der Waals surface area contributed by atoms with E-state index >= 15 is 0 Å². The molecule has 0 amide bonds. The Bertz CT molecular complexity index is 250. The molecule has 0 unspecified atom stereocenters. The summed E-state index contributed by atoms with van der Waals surface area (Å²) in [5.41, 5.74) is 0.941. The number of aliphatic hydroxyl groups excluding tert-OH is 1. The minimum Gasteiger partial charge on any atom is -0.392 e. The summed E-state index contributed by atoms with van der Waals surface area (Å²) in [6.45, 7) is -0.796. The molecule has 0 spiro atoms. The second kappa shape index (κ2) is 3.69. The van der Waals surface area contributed by atoms with E-state index in [9.17, 15) is 4.39 Å². The van der Waals surface area contributed by atoms with E-state index in [1.165, 1.54) is 0 Å². The Kier molecular flexibility index (Phi) is 2.85. The van der Waals surface area contributed by atoms with E-state index in [0.29, 0.717) is 16.1 Å². The first-order chi connectivity index (χ1) is 5.29. The predicted molar refractivity (Wildman–Crippen MR) is 42.2 cm³/mol. The largest absolute Gasteiger partial charge is 0.392 e. The highest BCUT2D eigenvalue weighted by Crippen LogP contribution is 2.20. The Morgan fingerprint density at radius 2 is 2.18 bits per heavy atom. The monoisotopic (exact) mass is 174 g/mol. The summed E-state index contributed by atoms with van der Waals surface area (Å²) in [4.78, 5) is 0. The Morgan fingerprint density at radius 3 is 2.64 bits per heavy atom. The first-order valence-corrected chi connectivity index (χ1v) is 3.60. The molecular formula is C8H8ClFO. The Labute approximate surface area is 69.4 Å². The summed E-state index contributed by atoms with van der Waals surface area (Å²) in [7, 11) is 0. The van der Waals surface area contributed by atoms with Crippen LogP contribution in [0.25, 0.3) is 0 Å². The van der Waals surface area contributed by atoms with Gasteiger partial charge in [0.2, 0.25) is 0 Å². The molecule has 11 heavy (non-hydrogen) atoms. The van der Waals surface area contributed by atoms with Crippen molar-refractivity contribution in [2.45, 2.75) is 13.3 Å². The fourth-order valence-corrected chi connectivity index (χ4v) is 1.15. The van der Waals surface area contributed by atoms with Crippen LogP contribution in [0.5, 0.6) is 0 Å². The molecule has 1 rings (SSSR count). The number of hydrogen-bond acceptors (Lipinski definition) is 1. The number of benzene rings is 1. The van der Waals surface area contributed by atoms with Crippen molar-refractivity contribution in [3.8, 4) is 0 Å². The molecule has 1 aromatic carbocycles. The number of aliphatic hydroxyl groups is 1. The van der Waals surface area contributed by atoms with Gasteiger partial charge in [0.1, 0.15) is 6.67 Å². The zero-order valence-electron chi connectivity index (χ0n) is 5.85. The molecule has 0 heterocycles. The number of hydrogen-bond donors (Lipinski definition) is 1. The van der Waals surface area contributed by atoms with Crippen LogP contribution < -0.4 is 0 Å². The summed E-state index contributed by atoms with van der Waals surface area (Å²) >= 11 is 5.66. The van der Waals surface area contributed by atoms with E-state index in [0.717, 1.165) is 0 Å². The number of halogens is 2.